The largest absolute Gasteiger partial charge is 0.395 e. The van der Waals surface area contributed by atoms with Crippen molar-refractivity contribution < 1.29 is 13.5 Å². The molecular weight excluding hydrogens is 310 g/mol. The number of nitrogens with zero attached hydrogens (tertiary/aromatic N) is 2. The van der Waals surface area contributed by atoms with Crippen LogP contribution in [-0.2, 0) is 10.0 Å². The third kappa shape index (κ3) is 3.78. The Morgan fingerprint density at radius 3 is 2.24 bits per heavy atom. The lowest BCUT2D eigenvalue weighted by atomic mass is 10.2. The normalized spacial score (nSPS) is 17.8. The molecule has 0 unspecified atom stereocenters. The van der Waals surface area contributed by atoms with Crippen LogP contribution in [0.25, 0.3) is 0 Å². The maximum Gasteiger partial charge on any atom is 0.243 e. The number of nitrogens with two attached hydrogens (primary N) is 1. The summed E-state index contributed by atoms with van der Waals surface area (Å²) in [6.07, 6.45) is 0. The molecule has 2 rings (SSSR count). The van der Waals surface area contributed by atoms with Crippen LogP contribution in [0.5, 0.6) is 0 Å². The topological polar surface area (TPSA) is 86.9 Å². The molecule has 1 saturated heterocycles. The van der Waals surface area contributed by atoms with Crippen LogP contribution in [0.15, 0.2) is 29.2 Å². The molecule has 0 spiro atoms. The monoisotopic (exact) mass is 329 g/mol. The highest BCUT2D eigenvalue weighted by Gasteiger charge is 2.28. The highest BCUT2D eigenvalue weighted by Crippen LogP contribution is 2.18. The van der Waals surface area contributed by atoms with Gasteiger partial charge < -0.3 is 10.8 Å². The minimum absolute atomic E-state index is 0.0905. The predicted molar refractivity (Wildman–Crippen MR) is 84.6 cm³/mol. The number of benzene rings is 1. The molecule has 1 aliphatic rings. The van der Waals surface area contributed by atoms with Crippen molar-refractivity contribution in [1.29, 1.82) is 0 Å². The highest BCUT2D eigenvalue weighted by atomic mass is 32.2. The Morgan fingerprint density at radius 1 is 1.19 bits per heavy atom. The van der Waals surface area contributed by atoms with E-state index in [4.69, 9.17) is 23.1 Å². The molecule has 1 fully saturated rings. The third-order valence-electron chi connectivity index (χ3n) is 3.52. The van der Waals surface area contributed by atoms with Crippen molar-refractivity contribution >= 4 is 27.2 Å². The van der Waals surface area contributed by atoms with E-state index in [1.165, 1.54) is 16.4 Å². The number of aliphatic hydroxyl groups excluding tert-OH is 1. The van der Waals surface area contributed by atoms with E-state index in [0.717, 1.165) is 0 Å². The number of aliphatic hydroxyl groups is 1. The predicted octanol–water partition coefficient (Wildman–Crippen LogP) is -0.381. The molecule has 0 atom stereocenters. The van der Waals surface area contributed by atoms with E-state index in [1.54, 1.807) is 12.1 Å². The smallest absolute Gasteiger partial charge is 0.243 e. The number of hydrogen-bond acceptors (Lipinski definition) is 5. The van der Waals surface area contributed by atoms with Crippen LogP contribution in [0.3, 0.4) is 0 Å². The summed E-state index contributed by atoms with van der Waals surface area (Å²) in [7, 11) is -3.48. The number of thiocarbonyl (C=S) groups is 1. The van der Waals surface area contributed by atoms with Gasteiger partial charge in [0.15, 0.2) is 0 Å². The van der Waals surface area contributed by atoms with Gasteiger partial charge in [-0.3, -0.25) is 4.90 Å². The molecule has 116 valence electrons. The molecule has 21 heavy (non-hydrogen) atoms. The SMILES string of the molecule is NC(=S)c1ccc(S(=O)(=O)N2CCN(CCO)CC2)cc1. The first kappa shape index (κ1) is 16.3. The summed E-state index contributed by atoms with van der Waals surface area (Å²) < 4.78 is 26.5. The molecule has 0 aliphatic carbocycles. The molecular formula is C13H19N3O3S2. The van der Waals surface area contributed by atoms with Crippen LogP contribution in [0.2, 0.25) is 0 Å². The molecule has 6 nitrogen and oxygen atoms in total. The highest BCUT2D eigenvalue weighted by molar-refractivity contribution is 7.89. The first-order valence-electron chi connectivity index (χ1n) is 6.68. The summed E-state index contributed by atoms with van der Waals surface area (Å²) in [5.41, 5.74) is 6.15. The first-order chi connectivity index (χ1) is 9.95. The van der Waals surface area contributed by atoms with E-state index in [1.807, 2.05) is 4.90 Å². The molecule has 1 aromatic carbocycles. The Labute approximate surface area is 130 Å². The molecule has 0 aromatic heterocycles. The van der Waals surface area contributed by atoms with Crippen LogP contribution in [0.1, 0.15) is 5.56 Å². The molecule has 0 amide bonds. The Morgan fingerprint density at radius 2 is 1.76 bits per heavy atom. The standard InChI is InChI=1S/C13H19N3O3S2/c14-13(20)11-1-3-12(4-2-11)21(18,19)16-7-5-15(6-8-16)9-10-17/h1-4,17H,5-10H2,(H2,14,20). The van der Waals surface area contributed by atoms with Gasteiger partial charge in [0.1, 0.15) is 4.99 Å². The van der Waals surface area contributed by atoms with Crippen LogP contribution < -0.4 is 5.73 Å². The van der Waals surface area contributed by atoms with Crippen LogP contribution in [-0.4, -0.2) is 67.0 Å². The molecule has 0 radical (unpaired) electrons. The quantitative estimate of drug-likeness (QED) is 0.716. The summed E-state index contributed by atoms with van der Waals surface area (Å²) >= 11 is 4.85. The van der Waals surface area contributed by atoms with Gasteiger partial charge in [-0.05, 0) is 12.1 Å². The van der Waals surface area contributed by atoms with E-state index in [-0.39, 0.29) is 16.5 Å². The van der Waals surface area contributed by atoms with Gasteiger partial charge in [-0.2, -0.15) is 4.31 Å². The second-order valence-corrected chi connectivity index (χ2v) is 7.24. The van der Waals surface area contributed by atoms with Crippen LogP contribution >= 0.6 is 12.2 Å². The third-order valence-corrected chi connectivity index (χ3v) is 5.67. The number of hydrogen-bond donors (Lipinski definition) is 2. The average Bonchev–Trinajstić information content (AvgIpc) is 2.48. The van der Waals surface area contributed by atoms with Crippen molar-refractivity contribution in [2.45, 2.75) is 4.90 Å². The van der Waals surface area contributed by atoms with Gasteiger partial charge in [-0.25, -0.2) is 8.42 Å². The zero-order valence-electron chi connectivity index (χ0n) is 11.6. The lowest BCUT2D eigenvalue weighted by molar-refractivity contribution is 0.151. The van der Waals surface area contributed by atoms with Crippen molar-refractivity contribution in [3.05, 3.63) is 29.8 Å². The Balaban J connectivity index is 2.10. The Hall–Kier alpha value is -1.06. The van der Waals surface area contributed by atoms with Gasteiger partial charge in [0.05, 0.1) is 11.5 Å². The zero-order valence-corrected chi connectivity index (χ0v) is 13.2. The number of piperazine rings is 1. The maximum absolute atomic E-state index is 12.5. The maximum atomic E-state index is 12.5. The van der Waals surface area contributed by atoms with E-state index >= 15 is 0 Å². The lowest BCUT2D eigenvalue weighted by Crippen LogP contribution is -2.49. The Kier molecular flexibility index (Phi) is 5.28. The number of β-amino-alcohol motifs (C(OH)–C–C–N with tert-alkyl or cyclic N) is 1. The number of sulfonamides is 1. The summed E-state index contributed by atoms with van der Waals surface area (Å²) in [5, 5.41) is 8.90. The first-order valence-corrected chi connectivity index (χ1v) is 8.53. The van der Waals surface area contributed by atoms with E-state index in [0.29, 0.717) is 38.3 Å². The van der Waals surface area contributed by atoms with E-state index in [9.17, 15) is 8.42 Å². The molecule has 0 saturated carbocycles. The molecule has 0 bridgehead atoms. The van der Waals surface area contributed by atoms with Crippen LogP contribution in [0, 0.1) is 0 Å². The molecule has 1 aliphatic heterocycles. The van der Waals surface area contributed by atoms with E-state index < -0.39 is 10.0 Å². The fourth-order valence-electron chi connectivity index (χ4n) is 2.28. The van der Waals surface area contributed by atoms with Gasteiger partial charge in [0, 0.05) is 38.3 Å². The number of rotatable bonds is 5. The fourth-order valence-corrected chi connectivity index (χ4v) is 3.83. The average molecular weight is 329 g/mol. The molecule has 1 aromatic rings. The lowest BCUT2D eigenvalue weighted by Gasteiger charge is -2.33. The summed E-state index contributed by atoms with van der Waals surface area (Å²) in [6, 6.07) is 6.31. The summed E-state index contributed by atoms with van der Waals surface area (Å²) in [5.74, 6) is 0. The van der Waals surface area contributed by atoms with Crippen molar-refractivity contribution in [2.24, 2.45) is 5.73 Å². The molecule has 1 heterocycles. The van der Waals surface area contributed by atoms with Crippen molar-refractivity contribution in [1.82, 2.24) is 9.21 Å². The van der Waals surface area contributed by atoms with Gasteiger partial charge in [0.25, 0.3) is 0 Å². The zero-order chi connectivity index (χ0) is 15.5. The van der Waals surface area contributed by atoms with E-state index in [2.05, 4.69) is 0 Å². The van der Waals surface area contributed by atoms with Gasteiger partial charge in [-0.15, -0.1) is 0 Å². The van der Waals surface area contributed by atoms with Crippen molar-refractivity contribution in [3.8, 4) is 0 Å². The molecule has 8 heteroatoms. The minimum Gasteiger partial charge on any atom is -0.395 e. The van der Waals surface area contributed by atoms with Crippen molar-refractivity contribution in [3.63, 3.8) is 0 Å². The minimum atomic E-state index is -3.48. The Bertz CT molecular complexity index is 594. The van der Waals surface area contributed by atoms with Gasteiger partial charge in [-0.1, -0.05) is 24.4 Å². The summed E-state index contributed by atoms with van der Waals surface area (Å²) in [4.78, 5) is 2.54. The second kappa shape index (κ2) is 6.80. The van der Waals surface area contributed by atoms with Gasteiger partial charge >= 0.3 is 0 Å². The second-order valence-electron chi connectivity index (χ2n) is 4.86. The van der Waals surface area contributed by atoms with Crippen molar-refractivity contribution in [2.75, 3.05) is 39.3 Å². The summed E-state index contributed by atoms with van der Waals surface area (Å²) in [6.45, 7) is 2.79. The van der Waals surface area contributed by atoms with Gasteiger partial charge in [0.2, 0.25) is 10.0 Å². The molecule has 3 N–H and O–H groups in total. The fraction of sp³-hybridized carbons (Fsp3) is 0.462. The van der Waals surface area contributed by atoms with Crippen LogP contribution in [0.4, 0.5) is 0 Å².